The fourth-order valence-electron chi connectivity index (χ4n) is 1.92. The maximum absolute atomic E-state index is 13.6. The first-order chi connectivity index (χ1) is 9.10. The van der Waals surface area contributed by atoms with Crippen LogP contribution >= 0.6 is 11.6 Å². The van der Waals surface area contributed by atoms with Gasteiger partial charge in [0, 0.05) is 29.7 Å². The van der Waals surface area contributed by atoms with Crippen molar-refractivity contribution in [3.8, 4) is 0 Å². The highest BCUT2D eigenvalue weighted by molar-refractivity contribution is 6.30. The van der Waals surface area contributed by atoms with Gasteiger partial charge in [0.1, 0.15) is 5.82 Å². The Bertz CT molecular complexity index is 556. The summed E-state index contributed by atoms with van der Waals surface area (Å²) in [6.07, 6.45) is 3.83. The van der Waals surface area contributed by atoms with E-state index in [-0.39, 0.29) is 6.42 Å². The summed E-state index contributed by atoms with van der Waals surface area (Å²) in [4.78, 5) is 0. The first kappa shape index (κ1) is 14.0. The van der Waals surface area contributed by atoms with Crippen LogP contribution in [0.3, 0.4) is 0 Å². The first-order valence-corrected chi connectivity index (χ1v) is 6.62. The van der Waals surface area contributed by atoms with E-state index in [0.717, 1.165) is 13.0 Å². The number of aliphatic hydroxyl groups is 1. The summed E-state index contributed by atoms with van der Waals surface area (Å²) in [5, 5.41) is 14.6. The number of aromatic nitrogens is 2. The van der Waals surface area contributed by atoms with Gasteiger partial charge in [0.15, 0.2) is 0 Å². The Hall–Kier alpha value is -1.39. The van der Waals surface area contributed by atoms with E-state index in [4.69, 9.17) is 11.6 Å². The molecule has 0 aliphatic heterocycles. The molecule has 19 heavy (non-hydrogen) atoms. The maximum atomic E-state index is 13.6. The molecule has 1 unspecified atom stereocenters. The van der Waals surface area contributed by atoms with Crippen LogP contribution in [0.5, 0.6) is 0 Å². The number of halogens is 2. The monoisotopic (exact) mass is 282 g/mol. The Morgan fingerprint density at radius 1 is 1.47 bits per heavy atom. The molecule has 0 spiro atoms. The van der Waals surface area contributed by atoms with Crippen molar-refractivity contribution >= 4 is 11.6 Å². The topological polar surface area (TPSA) is 38.0 Å². The van der Waals surface area contributed by atoms with Crippen molar-refractivity contribution in [1.82, 2.24) is 9.78 Å². The molecule has 3 nitrogen and oxygen atoms in total. The molecule has 5 heteroatoms. The smallest absolute Gasteiger partial charge is 0.127 e. The third kappa shape index (κ3) is 3.55. The van der Waals surface area contributed by atoms with E-state index in [1.165, 1.54) is 6.07 Å². The van der Waals surface area contributed by atoms with Crippen molar-refractivity contribution in [3.63, 3.8) is 0 Å². The van der Waals surface area contributed by atoms with Crippen molar-refractivity contribution in [3.05, 3.63) is 52.6 Å². The molecule has 1 atom stereocenters. The molecule has 0 aliphatic rings. The largest absolute Gasteiger partial charge is 0.388 e. The van der Waals surface area contributed by atoms with Gasteiger partial charge in [-0.2, -0.15) is 5.10 Å². The molecule has 0 amide bonds. The predicted molar refractivity (Wildman–Crippen MR) is 72.6 cm³/mol. The van der Waals surface area contributed by atoms with Crippen LogP contribution in [-0.2, 0) is 13.0 Å². The molecule has 2 aromatic rings. The van der Waals surface area contributed by atoms with E-state index in [2.05, 4.69) is 12.0 Å². The van der Waals surface area contributed by atoms with Crippen molar-refractivity contribution in [2.45, 2.75) is 32.4 Å². The maximum Gasteiger partial charge on any atom is 0.127 e. The SMILES string of the molecule is CCCn1cc(C(O)Cc2ccc(Cl)cc2F)cn1. The number of rotatable bonds is 5. The Morgan fingerprint density at radius 3 is 2.95 bits per heavy atom. The van der Waals surface area contributed by atoms with Crippen LogP contribution in [0, 0.1) is 5.82 Å². The van der Waals surface area contributed by atoms with Crippen molar-refractivity contribution in [2.24, 2.45) is 0 Å². The van der Waals surface area contributed by atoms with Gasteiger partial charge in [0.25, 0.3) is 0 Å². The standard InChI is InChI=1S/C14H16ClFN2O/c1-2-5-18-9-11(8-17-18)14(19)6-10-3-4-12(15)7-13(10)16/h3-4,7-9,14,19H,2,5-6H2,1H3. The van der Waals surface area contributed by atoms with Gasteiger partial charge >= 0.3 is 0 Å². The lowest BCUT2D eigenvalue weighted by molar-refractivity contribution is 0.177. The van der Waals surface area contributed by atoms with Gasteiger partial charge in [-0.1, -0.05) is 24.6 Å². The minimum atomic E-state index is -0.763. The second-order valence-corrected chi connectivity index (χ2v) is 4.93. The van der Waals surface area contributed by atoms with Gasteiger partial charge in [-0.3, -0.25) is 4.68 Å². The van der Waals surface area contributed by atoms with Gasteiger partial charge in [-0.15, -0.1) is 0 Å². The highest BCUT2D eigenvalue weighted by Crippen LogP contribution is 2.21. The van der Waals surface area contributed by atoms with E-state index >= 15 is 0 Å². The average Bonchev–Trinajstić information content (AvgIpc) is 2.82. The third-order valence-electron chi connectivity index (χ3n) is 2.92. The van der Waals surface area contributed by atoms with Crippen molar-refractivity contribution < 1.29 is 9.50 Å². The molecule has 1 N–H and O–H groups in total. The van der Waals surface area contributed by atoms with Crippen LogP contribution in [0.25, 0.3) is 0 Å². The van der Waals surface area contributed by atoms with E-state index in [9.17, 15) is 9.50 Å². The molecular weight excluding hydrogens is 267 g/mol. The van der Waals surface area contributed by atoms with Crippen molar-refractivity contribution in [2.75, 3.05) is 0 Å². The highest BCUT2D eigenvalue weighted by atomic mass is 35.5. The zero-order valence-corrected chi connectivity index (χ0v) is 11.4. The lowest BCUT2D eigenvalue weighted by Gasteiger charge is -2.09. The second kappa shape index (κ2) is 6.17. The van der Waals surface area contributed by atoms with Crippen LogP contribution < -0.4 is 0 Å². The molecule has 0 bridgehead atoms. The molecule has 0 aliphatic carbocycles. The molecule has 102 valence electrons. The normalized spacial score (nSPS) is 12.6. The molecule has 0 saturated carbocycles. The summed E-state index contributed by atoms with van der Waals surface area (Å²) < 4.78 is 15.4. The average molecular weight is 283 g/mol. The zero-order valence-electron chi connectivity index (χ0n) is 10.7. The third-order valence-corrected chi connectivity index (χ3v) is 3.15. The fourth-order valence-corrected chi connectivity index (χ4v) is 2.08. The van der Waals surface area contributed by atoms with Gasteiger partial charge in [-0.25, -0.2) is 4.39 Å². The van der Waals surface area contributed by atoms with Gasteiger partial charge in [-0.05, 0) is 24.1 Å². The summed E-state index contributed by atoms with van der Waals surface area (Å²) in [5.41, 5.74) is 1.14. The molecule has 0 saturated heterocycles. The molecule has 1 aromatic carbocycles. The molecule has 1 heterocycles. The number of hydrogen-bond acceptors (Lipinski definition) is 2. The number of benzene rings is 1. The van der Waals surface area contributed by atoms with E-state index in [0.29, 0.717) is 16.1 Å². The van der Waals surface area contributed by atoms with Crippen LogP contribution in [0.2, 0.25) is 5.02 Å². The number of hydrogen-bond donors (Lipinski definition) is 1. The Kier molecular flexibility index (Phi) is 4.56. The number of aliphatic hydroxyl groups excluding tert-OH is 1. The molecule has 2 rings (SSSR count). The fraction of sp³-hybridized carbons (Fsp3) is 0.357. The van der Waals surface area contributed by atoms with Crippen LogP contribution in [0.4, 0.5) is 4.39 Å². The molecule has 0 radical (unpaired) electrons. The minimum absolute atomic E-state index is 0.209. The highest BCUT2D eigenvalue weighted by Gasteiger charge is 2.13. The van der Waals surface area contributed by atoms with Crippen LogP contribution in [-0.4, -0.2) is 14.9 Å². The predicted octanol–water partition coefficient (Wildman–Crippen LogP) is 3.36. The van der Waals surface area contributed by atoms with Crippen LogP contribution in [0.15, 0.2) is 30.6 Å². The summed E-state index contributed by atoms with van der Waals surface area (Å²) in [6, 6.07) is 4.47. The summed E-state index contributed by atoms with van der Waals surface area (Å²) in [7, 11) is 0. The van der Waals surface area contributed by atoms with E-state index in [1.54, 1.807) is 29.2 Å². The summed E-state index contributed by atoms with van der Waals surface area (Å²) in [6.45, 7) is 2.86. The first-order valence-electron chi connectivity index (χ1n) is 6.24. The Labute approximate surface area is 116 Å². The van der Waals surface area contributed by atoms with Gasteiger partial charge in [0.2, 0.25) is 0 Å². The number of nitrogens with zero attached hydrogens (tertiary/aromatic N) is 2. The summed E-state index contributed by atoms with van der Waals surface area (Å²) in [5.74, 6) is -0.396. The molecular formula is C14H16ClFN2O. The molecule has 0 fully saturated rings. The van der Waals surface area contributed by atoms with Crippen LogP contribution in [0.1, 0.15) is 30.6 Å². The minimum Gasteiger partial charge on any atom is -0.388 e. The van der Waals surface area contributed by atoms with Gasteiger partial charge in [0.05, 0.1) is 12.3 Å². The zero-order chi connectivity index (χ0) is 13.8. The second-order valence-electron chi connectivity index (χ2n) is 4.49. The lowest BCUT2D eigenvalue weighted by atomic mass is 10.0. The summed E-state index contributed by atoms with van der Waals surface area (Å²) >= 11 is 5.69. The quantitative estimate of drug-likeness (QED) is 0.913. The lowest BCUT2D eigenvalue weighted by Crippen LogP contribution is -2.03. The Balaban J connectivity index is 2.09. The number of aryl methyl sites for hydroxylation is 1. The van der Waals surface area contributed by atoms with E-state index in [1.807, 2.05) is 0 Å². The van der Waals surface area contributed by atoms with Gasteiger partial charge < -0.3 is 5.11 Å². The van der Waals surface area contributed by atoms with E-state index < -0.39 is 11.9 Å². The van der Waals surface area contributed by atoms with Crippen molar-refractivity contribution in [1.29, 1.82) is 0 Å². The Morgan fingerprint density at radius 2 is 2.26 bits per heavy atom. The molecule has 1 aromatic heterocycles.